The molecule has 1 saturated heterocycles. The number of aromatic nitrogens is 2. The highest BCUT2D eigenvalue weighted by molar-refractivity contribution is 7.98. The number of nitrogens with one attached hydrogen (secondary N) is 1. The standard InChI is InChI=1S/C15H18FN3OS/c16-12-1-3-13(4-2-12)21-10-14-18-15(20-19-14)9-11-5-7-17-8-6-11/h1-4,11,17H,5-10H2. The molecule has 0 unspecified atom stereocenters. The molecule has 1 aromatic carbocycles. The van der Waals surface area contributed by atoms with Crippen molar-refractivity contribution in [3.63, 3.8) is 0 Å². The summed E-state index contributed by atoms with van der Waals surface area (Å²) in [6, 6.07) is 6.44. The molecule has 2 heterocycles. The number of halogens is 1. The lowest BCUT2D eigenvalue weighted by Gasteiger charge is -2.20. The molecule has 2 aromatic rings. The van der Waals surface area contributed by atoms with E-state index in [2.05, 4.69) is 15.5 Å². The van der Waals surface area contributed by atoms with Crippen LogP contribution in [0.5, 0.6) is 0 Å². The van der Waals surface area contributed by atoms with Crippen LogP contribution in [-0.4, -0.2) is 23.2 Å². The number of thioether (sulfide) groups is 1. The van der Waals surface area contributed by atoms with Crippen molar-refractivity contribution in [1.82, 2.24) is 15.5 Å². The maximum atomic E-state index is 12.8. The number of piperidine rings is 1. The SMILES string of the molecule is Fc1ccc(SCc2noc(CC3CCNCC3)n2)cc1. The predicted molar refractivity (Wildman–Crippen MR) is 79.6 cm³/mol. The molecule has 0 bridgehead atoms. The van der Waals surface area contributed by atoms with Crippen LogP contribution in [0.25, 0.3) is 0 Å². The zero-order valence-electron chi connectivity index (χ0n) is 11.7. The molecule has 0 atom stereocenters. The van der Waals surface area contributed by atoms with Gasteiger partial charge in [0.1, 0.15) is 5.82 Å². The van der Waals surface area contributed by atoms with Gasteiger partial charge in [0.05, 0.1) is 5.75 Å². The topological polar surface area (TPSA) is 51.0 Å². The van der Waals surface area contributed by atoms with Gasteiger partial charge in [-0.1, -0.05) is 5.16 Å². The van der Waals surface area contributed by atoms with Gasteiger partial charge in [-0.2, -0.15) is 4.98 Å². The lowest BCUT2D eigenvalue weighted by atomic mass is 9.95. The van der Waals surface area contributed by atoms with Crippen molar-refractivity contribution in [3.05, 3.63) is 41.8 Å². The summed E-state index contributed by atoms with van der Waals surface area (Å²) >= 11 is 1.58. The second kappa shape index (κ2) is 7.04. The molecular weight excluding hydrogens is 289 g/mol. The maximum absolute atomic E-state index is 12.8. The second-order valence-electron chi connectivity index (χ2n) is 5.24. The van der Waals surface area contributed by atoms with Gasteiger partial charge in [0.15, 0.2) is 5.82 Å². The quantitative estimate of drug-likeness (QED) is 0.861. The normalized spacial score (nSPS) is 16.2. The molecule has 0 aliphatic carbocycles. The number of benzene rings is 1. The van der Waals surface area contributed by atoms with E-state index in [1.54, 1.807) is 23.9 Å². The monoisotopic (exact) mass is 307 g/mol. The number of hydrogen-bond acceptors (Lipinski definition) is 5. The van der Waals surface area contributed by atoms with Crippen molar-refractivity contribution in [2.24, 2.45) is 5.92 Å². The van der Waals surface area contributed by atoms with Gasteiger partial charge in [-0.15, -0.1) is 11.8 Å². The van der Waals surface area contributed by atoms with E-state index >= 15 is 0 Å². The molecule has 1 aromatic heterocycles. The minimum absolute atomic E-state index is 0.219. The molecule has 0 spiro atoms. The highest BCUT2D eigenvalue weighted by atomic mass is 32.2. The molecule has 0 saturated carbocycles. The van der Waals surface area contributed by atoms with Crippen LogP contribution in [0.3, 0.4) is 0 Å². The van der Waals surface area contributed by atoms with Crippen LogP contribution in [0.15, 0.2) is 33.7 Å². The van der Waals surface area contributed by atoms with E-state index in [0.29, 0.717) is 17.5 Å². The molecule has 6 heteroatoms. The van der Waals surface area contributed by atoms with Gasteiger partial charge < -0.3 is 9.84 Å². The molecule has 112 valence electrons. The molecule has 4 nitrogen and oxygen atoms in total. The summed E-state index contributed by atoms with van der Waals surface area (Å²) in [5.74, 6) is 2.50. The van der Waals surface area contributed by atoms with Crippen LogP contribution >= 0.6 is 11.8 Å². The Labute approximate surface area is 127 Å². The molecule has 1 N–H and O–H groups in total. The summed E-state index contributed by atoms with van der Waals surface area (Å²) in [4.78, 5) is 5.44. The summed E-state index contributed by atoms with van der Waals surface area (Å²) in [6.07, 6.45) is 3.21. The Morgan fingerprint density at radius 1 is 1.24 bits per heavy atom. The van der Waals surface area contributed by atoms with Gasteiger partial charge in [-0.05, 0) is 56.1 Å². The van der Waals surface area contributed by atoms with Crippen molar-refractivity contribution >= 4 is 11.8 Å². The maximum Gasteiger partial charge on any atom is 0.226 e. The highest BCUT2D eigenvalue weighted by Gasteiger charge is 2.17. The fourth-order valence-electron chi connectivity index (χ4n) is 2.44. The second-order valence-corrected chi connectivity index (χ2v) is 6.29. The first kappa shape index (κ1) is 14.5. The number of hydrogen-bond donors (Lipinski definition) is 1. The Bertz CT molecular complexity index is 567. The van der Waals surface area contributed by atoms with E-state index in [1.807, 2.05) is 0 Å². The van der Waals surface area contributed by atoms with E-state index in [9.17, 15) is 4.39 Å². The summed E-state index contributed by atoms with van der Waals surface area (Å²) < 4.78 is 18.1. The van der Waals surface area contributed by atoms with Crippen LogP contribution in [0.1, 0.15) is 24.6 Å². The lowest BCUT2D eigenvalue weighted by molar-refractivity contribution is 0.312. The first-order valence-electron chi connectivity index (χ1n) is 7.20. The third-order valence-corrected chi connectivity index (χ3v) is 4.62. The molecule has 21 heavy (non-hydrogen) atoms. The van der Waals surface area contributed by atoms with Gasteiger partial charge >= 0.3 is 0 Å². The van der Waals surface area contributed by atoms with Crippen molar-refractivity contribution in [1.29, 1.82) is 0 Å². The van der Waals surface area contributed by atoms with Crippen molar-refractivity contribution in [2.75, 3.05) is 13.1 Å². The number of nitrogens with zero attached hydrogens (tertiary/aromatic N) is 2. The third kappa shape index (κ3) is 4.28. The Balaban J connectivity index is 1.51. The predicted octanol–water partition coefficient (Wildman–Crippen LogP) is 3.04. The average Bonchev–Trinajstić information content (AvgIpc) is 2.95. The fraction of sp³-hybridized carbons (Fsp3) is 0.467. The minimum Gasteiger partial charge on any atom is -0.339 e. The van der Waals surface area contributed by atoms with Crippen LogP contribution in [0, 0.1) is 11.7 Å². The summed E-state index contributed by atoms with van der Waals surface area (Å²) in [6.45, 7) is 2.15. The van der Waals surface area contributed by atoms with Gasteiger partial charge in [0.25, 0.3) is 0 Å². The Morgan fingerprint density at radius 2 is 2.00 bits per heavy atom. The van der Waals surface area contributed by atoms with E-state index in [1.165, 1.54) is 25.0 Å². The Hall–Kier alpha value is -1.40. The molecule has 3 rings (SSSR count). The van der Waals surface area contributed by atoms with Crippen molar-refractivity contribution < 1.29 is 8.91 Å². The highest BCUT2D eigenvalue weighted by Crippen LogP contribution is 2.22. The minimum atomic E-state index is -0.219. The zero-order valence-corrected chi connectivity index (χ0v) is 12.5. The third-order valence-electron chi connectivity index (χ3n) is 3.61. The Kier molecular flexibility index (Phi) is 4.87. The molecule has 0 radical (unpaired) electrons. The molecule has 0 amide bonds. The van der Waals surface area contributed by atoms with Crippen LogP contribution in [-0.2, 0) is 12.2 Å². The van der Waals surface area contributed by atoms with E-state index in [4.69, 9.17) is 4.52 Å². The summed E-state index contributed by atoms with van der Waals surface area (Å²) in [5.41, 5.74) is 0. The Morgan fingerprint density at radius 3 is 2.76 bits per heavy atom. The molecular formula is C15H18FN3OS. The molecule has 1 aliphatic heterocycles. The van der Waals surface area contributed by atoms with Crippen LogP contribution in [0.2, 0.25) is 0 Å². The van der Waals surface area contributed by atoms with E-state index < -0.39 is 0 Å². The molecule has 1 aliphatic rings. The lowest BCUT2D eigenvalue weighted by Crippen LogP contribution is -2.28. The average molecular weight is 307 g/mol. The first-order valence-corrected chi connectivity index (χ1v) is 8.19. The van der Waals surface area contributed by atoms with Gasteiger partial charge in [0.2, 0.25) is 5.89 Å². The van der Waals surface area contributed by atoms with E-state index in [-0.39, 0.29) is 5.82 Å². The van der Waals surface area contributed by atoms with E-state index in [0.717, 1.165) is 30.3 Å². The largest absolute Gasteiger partial charge is 0.339 e. The van der Waals surface area contributed by atoms with Gasteiger partial charge in [-0.3, -0.25) is 0 Å². The first-order chi connectivity index (χ1) is 10.3. The number of rotatable bonds is 5. The smallest absolute Gasteiger partial charge is 0.226 e. The van der Waals surface area contributed by atoms with Gasteiger partial charge in [0, 0.05) is 11.3 Å². The zero-order chi connectivity index (χ0) is 14.5. The molecule has 1 fully saturated rings. The van der Waals surface area contributed by atoms with Crippen LogP contribution in [0.4, 0.5) is 4.39 Å². The van der Waals surface area contributed by atoms with Crippen molar-refractivity contribution in [2.45, 2.75) is 29.9 Å². The van der Waals surface area contributed by atoms with Crippen LogP contribution < -0.4 is 5.32 Å². The summed E-state index contributed by atoms with van der Waals surface area (Å²) in [5, 5.41) is 7.37. The fourth-order valence-corrected chi connectivity index (χ4v) is 3.18. The van der Waals surface area contributed by atoms with Crippen molar-refractivity contribution in [3.8, 4) is 0 Å². The summed E-state index contributed by atoms with van der Waals surface area (Å²) in [7, 11) is 0. The van der Waals surface area contributed by atoms with Gasteiger partial charge in [-0.25, -0.2) is 4.39 Å².